The Bertz CT molecular complexity index is 1010. The Kier molecular flexibility index (Phi) is 5.22. The number of thiocarbonyl (C=S) groups is 1. The summed E-state index contributed by atoms with van der Waals surface area (Å²) in [6.07, 6.45) is 3.52. The van der Waals surface area contributed by atoms with E-state index in [2.05, 4.69) is 10.3 Å². The average molecular weight is 463 g/mol. The zero-order valence-corrected chi connectivity index (χ0v) is 18.4. The molecule has 1 saturated carbocycles. The van der Waals surface area contributed by atoms with Crippen molar-refractivity contribution in [2.24, 2.45) is 0 Å². The first-order valence-corrected chi connectivity index (χ1v) is 11.5. The summed E-state index contributed by atoms with van der Waals surface area (Å²) in [5, 5.41) is 6.41. The normalized spacial score (nSPS) is 21.6. The second-order valence-electron chi connectivity index (χ2n) is 7.56. The molecule has 3 fully saturated rings. The first-order chi connectivity index (χ1) is 14.5. The molecule has 1 aliphatic carbocycles. The van der Waals surface area contributed by atoms with Crippen LogP contribution in [-0.4, -0.2) is 52.6 Å². The minimum atomic E-state index is -0.406. The van der Waals surface area contributed by atoms with Crippen molar-refractivity contribution in [1.82, 2.24) is 9.88 Å². The highest BCUT2D eigenvalue weighted by Crippen LogP contribution is 2.38. The molecular weight excluding hydrogens is 444 g/mol. The number of halogens is 1. The molecular formula is C20H19ClN4O3S2. The molecule has 2 amide bonds. The number of thiazole rings is 1. The van der Waals surface area contributed by atoms with Crippen LogP contribution in [0.4, 0.5) is 11.4 Å². The third kappa shape index (κ3) is 3.39. The lowest BCUT2D eigenvalue weighted by atomic mass is 9.86. The van der Waals surface area contributed by atoms with Crippen LogP contribution in [0.25, 0.3) is 0 Å². The second kappa shape index (κ2) is 7.88. The number of fused-ring (bicyclic) bond motifs is 1. The maximum absolute atomic E-state index is 12.8. The van der Waals surface area contributed by atoms with Gasteiger partial charge in [0.2, 0.25) is 0 Å². The van der Waals surface area contributed by atoms with E-state index >= 15 is 0 Å². The number of rotatable bonds is 4. The molecule has 2 aromatic rings. The molecule has 3 heterocycles. The van der Waals surface area contributed by atoms with Crippen LogP contribution in [0.15, 0.2) is 23.6 Å². The van der Waals surface area contributed by atoms with E-state index in [9.17, 15) is 9.59 Å². The van der Waals surface area contributed by atoms with Gasteiger partial charge in [0, 0.05) is 23.5 Å². The summed E-state index contributed by atoms with van der Waals surface area (Å²) < 4.78 is 5.41. The predicted octanol–water partition coefficient (Wildman–Crippen LogP) is 3.65. The van der Waals surface area contributed by atoms with Crippen molar-refractivity contribution in [3.8, 4) is 0 Å². The number of ether oxygens (including phenoxy) is 1. The summed E-state index contributed by atoms with van der Waals surface area (Å²) in [6, 6.07) is 4.62. The molecule has 2 saturated heterocycles. The summed E-state index contributed by atoms with van der Waals surface area (Å²) >= 11 is 13.5. The molecule has 3 aliphatic rings. The number of morpholine rings is 1. The van der Waals surface area contributed by atoms with Gasteiger partial charge in [-0.25, -0.2) is 4.98 Å². The Morgan fingerprint density at radius 1 is 1.37 bits per heavy atom. The lowest BCUT2D eigenvalue weighted by molar-refractivity contribution is -0.123. The number of nitrogens with zero attached hydrogens (tertiary/aromatic N) is 3. The van der Waals surface area contributed by atoms with E-state index in [0.717, 1.165) is 17.8 Å². The summed E-state index contributed by atoms with van der Waals surface area (Å²) in [6.45, 7) is 1.43. The maximum Gasteiger partial charge on any atom is 0.275 e. The summed E-state index contributed by atoms with van der Waals surface area (Å²) in [5.41, 5.74) is 1.44. The Balaban J connectivity index is 1.32. The topological polar surface area (TPSA) is 74.8 Å². The first-order valence-electron chi connectivity index (χ1n) is 9.81. The van der Waals surface area contributed by atoms with Crippen molar-refractivity contribution >= 4 is 63.5 Å². The quantitative estimate of drug-likeness (QED) is 0.699. The van der Waals surface area contributed by atoms with Crippen molar-refractivity contribution in [2.45, 2.75) is 31.2 Å². The minimum absolute atomic E-state index is 0.149. The number of nitrogens with one attached hydrogen (secondary N) is 1. The molecule has 30 heavy (non-hydrogen) atoms. The average Bonchev–Trinajstić information content (AvgIpc) is 3.26. The van der Waals surface area contributed by atoms with E-state index in [1.54, 1.807) is 23.6 Å². The second-order valence-corrected chi connectivity index (χ2v) is 9.22. The summed E-state index contributed by atoms with van der Waals surface area (Å²) in [4.78, 5) is 33.2. The van der Waals surface area contributed by atoms with Gasteiger partial charge in [0.1, 0.15) is 11.7 Å². The molecule has 10 heteroatoms. The van der Waals surface area contributed by atoms with Gasteiger partial charge >= 0.3 is 0 Å². The molecule has 0 bridgehead atoms. The highest BCUT2D eigenvalue weighted by molar-refractivity contribution is 7.80. The van der Waals surface area contributed by atoms with Gasteiger partial charge in [0.25, 0.3) is 11.8 Å². The zero-order chi connectivity index (χ0) is 20.8. The molecule has 1 aromatic heterocycles. The van der Waals surface area contributed by atoms with E-state index < -0.39 is 6.04 Å². The van der Waals surface area contributed by atoms with Crippen LogP contribution in [-0.2, 0) is 9.53 Å². The van der Waals surface area contributed by atoms with Gasteiger partial charge in [-0.2, -0.15) is 0 Å². The van der Waals surface area contributed by atoms with Gasteiger partial charge in [-0.15, -0.1) is 11.3 Å². The summed E-state index contributed by atoms with van der Waals surface area (Å²) in [7, 11) is 0. The van der Waals surface area contributed by atoms with Crippen molar-refractivity contribution in [1.29, 1.82) is 0 Å². The maximum atomic E-state index is 12.8. The molecule has 1 atom stereocenters. The largest absolute Gasteiger partial charge is 0.377 e. The fraction of sp³-hybridized carbons (Fsp3) is 0.400. The third-order valence-corrected chi connectivity index (χ3v) is 7.45. The van der Waals surface area contributed by atoms with Crippen molar-refractivity contribution in [2.75, 3.05) is 30.0 Å². The van der Waals surface area contributed by atoms with E-state index in [1.165, 1.54) is 22.7 Å². The van der Waals surface area contributed by atoms with E-state index in [-0.39, 0.29) is 11.8 Å². The summed E-state index contributed by atoms with van der Waals surface area (Å²) in [5.74, 6) is 0.0732. The highest BCUT2D eigenvalue weighted by Gasteiger charge is 2.45. The number of carbonyl (C=O) groups excluding carboxylic acids is 2. The van der Waals surface area contributed by atoms with Crippen LogP contribution < -0.4 is 10.2 Å². The van der Waals surface area contributed by atoms with Crippen LogP contribution in [0.2, 0.25) is 5.02 Å². The first kappa shape index (κ1) is 19.9. The molecule has 0 spiro atoms. The van der Waals surface area contributed by atoms with E-state index in [4.69, 9.17) is 28.6 Å². The number of carbonyl (C=O) groups is 2. The van der Waals surface area contributed by atoms with Crippen LogP contribution in [0.1, 0.15) is 40.7 Å². The fourth-order valence-corrected chi connectivity index (χ4v) is 5.47. The number of amides is 2. The standard InChI is InChI=1S/C20H19ClN4O3S2/c21-13-8-12(22-17(26)14-10-30-18(23-14)11-2-1-3-11)4-5-15(13)25-19(27)16-9-28-7-6-24(16)20(25)29/h4-5,8,10-11,16H,1-3,6-7,9H2,(H,22,26). The molecule has 2 aliphatic heterocycles. The van der Waals surface area contributed by atoms with Gasteiger partial charge in [-0.1, -0.05) is 18.0 Å². The minimum Gasteiger partial charge on any atom is -0.377 e. The predicted molar refractivity (Wildman–Crippen MR) is 120 cm³/mol. The van der Waals surface area contributed by atoms with Gasteiger partial charge in [-0.3, -0.25) is 14.5 Å². The number of hydrogen-bond acceptors (Lipinski definition) is 6. The number of benzene rings is 1. The smallest absolute Gasteiger partial charge is 0.275 e. The molecule has 0 radical (unpaired) electrons. The lowest BCUT2D eigenvalue weighted by Crippen LogP contribution is -2.44. The van der Waals surface area contributed by atoms with Gasteiger partial charge in [0.15, 0.2) is 5.11 Å². The Labute approximate surface area is 188 Å². The van der Waals surface area contributed by atoms with Crippen LogP contribution in [0.5, 0.6) is 0 Å². The van der Waals surface area contributed by atoms with Crippen molar-refractivity contribution < 1.29 is 14.3 Å². The molecule has 5 rings (SSSR count). The molecule has 1 N–H and O–H groups in total. The molecule has 7 nitrogen and oxygen atoms in total. The van der Waals surface area contributed by atoms with Crippen LogP contribution in [0.3, 0.4) is 0 Å². The van der Waals surface area contributed by atoms with Crippen molar-refractivity contribution in [3.05, 3.63) is 39.3 Å². The Morgan fingerprint density at radius 2 is 2.20 bits per heavy atom. The fourth-order valence-electron chi connectivity index (χ4n) is 3.83. The van der Waals surface area contributed by atoms with Crippen molar-refractivity contribution in [3.63, 3.8) is 0 Å². The molecule has 1 unspecified atom stereocenters. The zero-order valence-electron chi connectivity index (χ0n) is 16.0. The third-order valence-electron chi connectivity index (χ3n) is 5.73. The van der Waals surface area contributed by atoms with E-state index in [0.29, 0.717) is 52.9 Å². The monoisotopic (exact) mass is 462 g/mol. The van der Waals surface area contributed by atoms with Crippen LogP contribution >= 0.6 is 35.2 Å². The number of anilines is 2. The lowest BCUT2D eigenvalue weighted by Gasteiger charge is -2.28. The van der Waals surface area contributed by atoms with Gasteiger partial charge < -0.3 is 15.0 Å². The number of aromatic nitrogens is 1. The molecule has 156 valence electrons. The van der Waals surface area contributed by atoms with Crippen LogP contribution in [0, 0.1) is 0 Å². The Morgan fingerprint density at radius 3 is 2.90 bits per heavy atom. The Hall–Kier alpha value is -2.07. The highest BCUT2D eigenvalue weighted by atomic mass is 35.5. The molecule has 1 aromatic carbocycles. The number of hydrogen-bond donors (Lipinski definition) is 1. The SMILES string of the molecule is O=C(Nc1ccc(N2C(=O)C3COCCN3C2=S)c(Cl)c1)c1csc(C2CCC2)n1. The van der Waals surface area contributed by atoms with E-state index in [1.807, 2.05) is 4.90 Å². The van der Waals surface area contributed by atoms with Gasteiger partial charge in [-0.05, 0) is 43.3 Å². The van der Waals surface area contributed by atoms with Gasteiger partial charge in [0.05, 0.1) is 28.9 Å².